The van der Waals surface area contributed by atoms with Crippen LogP contribution in [-0.2, 0) is 11.3 Å². The van der Waals surface area contributed by atoms with Gasteiger partial charge in [-0.3, -0.25) is 4.79 Å². The number of thiophene rings is 1. The fourth-order valence-corrected chi connectivity index (χ4v) is 2.44. The van der Waals surface area contributed by atoms with E-state index in [1.165, 1.54) is 5.56 Å². The lowest BCUT2D eigenvalue weighted by molar-refractivity contribution is -0.121. The molecule has 4 heteroatoms. The van der Waals surface area contributed by atoms with Crippen LogP contribution in [0.5, 0.6) is 0 Å². The van der Waals surface area contributed by atoms with E-state index in [-0.39, 0.29) is 11.9 Å². The molecule has 19 heavy (non-hydrogen) atoms. The van der Waals surface area contributed by atoms with E-state index >= 15 is 0 Å². The van der Waals surface area contributed by atoms with Crippen molar-refractivity contribution in [2.24, 2.45) is 0 Å². The third kappa shape index (κ3) is 4.10. The van der Waals surface area contributed by atoms with Crippen LogP contribution in [0.3, 0.4) is 0 Å². The minimum atomic E-state index is -0.248. The first-order valence-electron chi connectivity index (χ1n) is 6.28. The molecule has 1 amide bonds. The van der Waals surface area contributed by atoms with Crippen molar-refractivity contribution in [3.05, 3.63) is 52.2 Å². The molecule has 0 radical (unpaired) electrons. The SMILES string of the molecule is Cc1cccc(N[C@@H](C)C(=O)NCc2cccs2)c1. The molecule has 0 aliphatic rings. The van der Waals surface area contributed by atoms with Crippen LogP contribution in [0.25, 0.3) is 0 Å². The molecule has 2 N–H and O–H groups in total. The van der Waals surface area contributed by atoms with Crippen LogP contribution in [0.2, 0.25) is 0 Å². The van der Waals surface area contributed by atoms with Crippen molar-refractivity contribution in [1.82, 2.24) is 5.32 Å². The van der Waals surface area contributed by atoms with Gasteiger partial charge in [0.05, 0.1) is 6.54 Å². The number of benzene rings is 1. The van der Waals surface area contributed by atoms with Crippen molar-refractivity contribution < 1.29 is 4.79 Å². The first-order valence-corrected chi connectivity index (χ1v) is 7.16. The number of carbonyl (C=O) groups excluding carboxylic acids is 1. The van der Waals surface area contributed by atoms with Gasteiger partial charge in [0.25, 0.3) is 0 Å². The Labute approximate surface area is 117 Å². The normalized spacial score (nSPS) is 11.9. The molecule has 1 aromatic carbocycles. The van der Waals surface area contributed by atoms with Crippen LogP contribution >= 0.6 is 11.3 Å². The molecule has 3 nitrogen and oxygen atoms in total. The number of aryl methyl sites for hydroxylation is 1. The number of anilines is 1. The van der Waals surface area contributed by atoms with Crippen LogP contribution in [0.15, 0.2) is 41.8 Å². The number of amides is 1. The third-order valence-electron chi connectivity index (χ3n) is 2.81. The van der Waals surface area contributed by atoms with Gasteiger partial charge in [-0.15, -0.1) is 11.3 Å². The maximum atomic E-state index is 12.0. The second-order valence-electron chi connectivity index (χ2n) is 4.53. The predicted octanol–water partition coefficient (Wildman–Crippen LogP) is 3.17. The lowest BCUT2D eigenvalue weighted by Crippen LogP contribution is -2.37. The van der Waals surface area contributed by atoms with Crippen LogP contribution in [0, 0.1) is 6.92 Å². The first-order chi connectivity index (χ1) is 9.15. The van der Waals surface area contributed by atoms with Crippen molar-refractivity contribution in [2.75, 3.05) is 5.32 Å². The Morgan fingerprint density at radius 3 is 2.84 bits per heavy atom. The van der Waals surface area contributed by atoms with Crippen LogP contribution in [-0.4, -0.2) is 11.9 Å². The Morgan fingerprint density at radius 2 is 2.16 bits per heavy atom. The second-order valence-corrected chi connectivity index (χ2v) is 5.56. The van der Waals surface area contributed by atoms with Gasteiger partial charge in [0.2, 0.25) is 5.91 Å². The average molecular weight is 274 g/mol. The summed E-state index contributed by atoms with van der Waals surface area (Å²) in [5, 5.41) is 8.14. The molecule has 0 bridgehead atoms. The van der Waals surface area contributed by atoms with E-state index in [9.17, 15) is 4.79 Å². The first kappa shape index (κ1) is 13.6. The highest BCUT2D eigenvalue weighted by Gasteiger charge is 2.12. The molecular weight excluding hydrogens is 256 g/mol. The smallest absolute Gasteiger partial charge is 0.242 e. The molecule has 0 saturated carbocycles. The van der Waals surface area contributed by atoms with Gasteiger partial charge in [-0.05, 0) is 43.0 Å². The van der Waals surface area contributed by atoms with Gasteiger partial charge in [-0.1, -0.05) is 18.2 Å². The molecular formula is C15H18N2OS. The molecule has 1 heterocycles. The lowest BCUT2D eigenvalue weighted by atomic mass is 10.2. The summed E-state index contributed by atoms with van der Waals surface area (Å²) >= 11 is 1.65. The van der Waals surface area contributed by atoms with E-state index in [1.54, 1.807) is 11.3 Å². The lowest BCUT2D eigenvalue weighted by Gasteiger charge is -2.15. The molecule has 0 fully saturated rings. The van der Waals surface area contributed by atoms with Crippen molar-refractivity contribution in [1.29, 1.82) is 0 Å². The third-order valence-corrected chi connectivity index (χ3v) is 3.69. The summed E-state index contributed by atoms with van der Waals surface area (Å²) in [4.78, 5) is 13.1. The molecule has 1 aromatic heterocycles. The molecule has 0 spiro atoms. The summed E-state index contributed by atoms with van der Waals surface area (Å²) in [5.41, 5.74) is 2.15. The molecule has 0 saturated heterocycles. The highest BCUT2D eigenvalue weighted by Crippen LogP contribution is 2.11. The number of hydrogen-bond donors (Lipinski definition) is 2. The Balaban J connectivity index is 1.85. The van der Waals surface area contributed by atoms with Crippen molar-refractivity contribution in [3.63, 3.8) is 0 Å². The molecule has 100 valence electrons. The standard InChI is InChI=1S/C15H18N2OS/c1-11-5-3-6-13(9-11)17-12(2)15(18)16-10-14-7-4-8-19-14/h3-9,12,17H,10H2,1-2H3,(H,16,18)/t12-/m0/s1. The van der Waals surface area contributed by atoms with Crippen LogP contribution in [0.4, 0.5) is 5.69 Å². The fourth-order valence-electron chi connectivity index (χ4n) is 1.79. The van der Waals surface area contributed by atoms with E-state index in [0.717, 1.165) is 10.6 Å². The second kappa shape index (κ2) is 6.38. The van der Waals surface area contributed by atoms with Crippen molar-refractivity contribution in [2.45, 2.75) is 26.4 Å². The van der Waals surface area contributed by atoms with E-state index in [0.29, 0.717) is 6.54 Å². The topological polar surface area (TPSA) is 41.1 Å². The Morgan fingerprint density at radius 1 is 1.32 bits per heavy atom. The highest BCUT2D eigenvalue weighted by molar-refractivity contribution is 7.09. The van der Waals surface area contributed by atoms with Gasteiger partial charge >= 0.3 is 0 Å². The Kier molecular flexibility index (Phi) is 4.58. The van der Waals surface area contributed by atoms with Gasteiger partial charge in [0, 0.05) is 10.6 Å². The quantitative estimate of drug-likeness (QED) is 0.879. The number of rotatable bonds is 5. The number of carbonyl (C=O) groups is 1. The number of hydrogen-bond acceptors (Lipinski definition) is 3. The highest BCUT2D eigenvalue weighted by atomic mass is 32.1. The maximum Gasteiger partial charge on any atom is 0.242 e. The van der Waals surface area contributed by atoms with Gasteiger partial charge in [0.1, 0.15) is 6.04 Å². The molecule has 0 unspecified atom stereocenters. The van der Waals surface area contributed by atoms with E-state index in [1.807, 2.05) is 55.6 Å². The predicted molar refractivity (Wildman–Crippen MR) is 80.4 cm³/mol. The van der Waals surface area contributed by atoms with E-state index in [4.69, 9.17) is 0 Å². The number of nitrogens with one attached hydrogen (secondary N) is 2. The fraction of sp³-hybridized carbons (Fsp3) is 0.267. The molecule has 1 atom stereocenters. The Hall–Kier alpha value is -1.81. The summed E-state index contributed by atoms with van der Waals surface area (Å²) in [7, 11) is 0. The van der Waals surface area contributed by atoms with Gasteiger partial charge in [0.15, 0.2) is 0 Å². The zero-order chi connectivity index (χ0) is 13.7. The minimum Gasteiger partial charge on any atom is -0.374 e. The minimum absolute atomic E-state index is 0.00917. The van der Waals surface area contributed by atoms with Gasteiger partial charge in [-0.2, -0.15) is 0 Å². The van der Waals surface area contributed by atoms with E-state index < -0.39 is 0 Å². The summed E-state index contributed by atoms with van der Waals surface area (Å²) < 4.78 is 0. The largest absolute Gasteiger partial charge is 0.374 e. The van der Waals surface area contributed by atoms with E-state index in [2.05, 4.69) is 10.6 Å². The van der Waals surface area contributed by atoms with Crippen molar-refractivity contribution in [3.8, 4) is 0 Å². The summed E-state index contributed by atoms with van der Waals surface area (Å²) in [6, 6.07) is 11.8. The maximum absolute atomic E-state index is 12.0. The van der Waals surface area contributed by atoms with Gasteiger partial charge < -0.3 is 10.6 Å². The zero-order valence-corrected chi connectivity index (χ0v) is 12.0. The summed E-state index contributed by atoms with van der Waals surface area (Å²) in [5.74, 6) is 0.00917. The zero-order valence-electron chi connectivity index (χ0n) is 11.1. The van der Waals surface area contributed by atoms with Crippen LogP contribution in [0.1, 0.15) is 17.4 Å². The van der Waals surface area contributed by atoms with Crippen LogP contribution < -0.4 is 10.6 Å². The molecule has 2 aromatic rings. The monoisotopic (exact) mass is 274 g/mol. The Bertz CT molecular complexity index is 537. The summed E-state index contributed by atoms with van der Waals surface area (Å²) in [6.07, 6.45) is 0. The van der Waals surface area contributed by atoms with Gasteiger partial charge in [-0.25, -0.2) is 0 Å². The molecule has 0 aliphatic carbocycles. The molecule has 0 aliphatic heterocycles. The molecule has 2 rings (SSSR count). The summed E-state index contributed by atoms with van der Waals surface area (Å²) in [6.45, 7) is 4.50. The van der Waals surface area contributed by atoms with Crippen molar-refractivity contribution >= 4 is 22.9 Å². The average Bonchev–Trinajstić information content (AvgIpc) is 2.89.